The lowest BCUT2D eigenvalue weighted by molar-refractivity contribution is 0.835. The van der Waals surface area contributed by atoms with Crippen LogP contribution >= 0.6 is 0 Å². The van der Waals surface area contributed by atoms with Crippen LogP contribution in [0.25, 0.3) is 5.82 Å². The second kappa shape index (κ2) is 4.51. The lowest BCUT2D eigenvalue weighted by Gasteiger charge is -2.03. The highest BCUT2D eigenvalue weighted by Crippen LogP contribution is 2.02. The fourth-order valence-electron chi connectivity index (χ4n) is 1.18. The topological polar surface area (TPSA) is 43.6 Å². The molecule has 0 aliphatic rings. The zero-order valence-corrected chi connectivity index (χ0v) is 11.2. The van der Waals surface area contributed by atoms with E-state index in [1.807, 2.05) is 12.3 Å². The molecule has 0 radical (unpaired) electrons. The largest absolute Gasteiger partial charge is 0.258 e. The molecule has 86 valence electrons. The van der Waals surface area contributed by atoms with Crippen LogP contribution < -0.4 is 0 Å². The standard InChI is InChI=1S/C12H14N4Si/c1-17(2,3)8-5-11-9-13-10-12(15-11)16-7-4-6-14-16/h4,6-7,9-10H,1-3H3. The number of hydrogen-bond donors (Lipinski definition) is 0. The molecule has 0 atom stereocenters. The number of aromatic nitrogens is 4. The fraction of sp³-hybridized carbons (Fsp3) is 0.250. The first-order valence-corrected chi connectivity index (χ1v) is 8.90. The maximum absolute atomic E-state index is 4.40. The summed E-state index contributed by atoms with van der Waals surface area (Å²) < 4.78 is 1.67. The Bertz CT molecular complexity index is 558. The molecule has 2 aromatic rings. The molecule has 0 spiro atoms. The molecule has 17 heavy (non-hydrogen) atoms. The van der Waals surface area contributed by atoms with Gasteiger partial charge in [-0.25, -0.2) is 9.67 Å². The molecular formula is C12H14N4Si. The van der Waals surface area contributed by atoms with Crippen molar-refractivity contribution in [1.29, 1.82) is 0 Å². The van der Waals surface area contributed by atoms with Gasteiger partial charge in [0.25, 0.3) is 0 Å². The molecule has 0 saturated carbocycles. The normalized spacial score (nSPS) is 10.8. The maximum atomic E-state index is 4.40. The third-order valence-corrected chi connectivity index (χ3v) is 2.80. The van der Waals surface area contributed by atoms with Crippen LogP contribution in [0, 0.1) is 11.5 Å². The zero-order chi connectivity index (χ0) is 12.3. The van der Waals surface area contributed by atoms with Gasteiger partial charge in [-0.2, -0.15) is 5.10 Å². The van der Waals surface area contributed by atoms with Crippen LogP contribution in [-0.4, -0.2) is 27.8 Å². The van der Waals surface area contributed by atoms with Crippen LogP contribution in [0.15, 0.2) is 30.9 Å². The van der Waals surface area contributed by atoms with Crippen molar-refractivity contribution in [2.45, 2.75) is 19.6 Å². The Hall–Kier alpha value is -1.93. The van der Waals surface area contributed by atoms with Crippen molar-refractivity contribution in [2.75, 3.05) is 0 Å². The summed E-state index contributed by atoms with van der Waals surface area (Å²) in [4.78, 5) is 8.54. The number of rotatable bonds is 1. The molecule has 0 bridgehead atoms. The summed E-state index contributed by atoms with van der Waals surface area (Å²) in [7, 11) is -1.37. The van der Waals surface area contributed by atoms with E-state index in [4.69, 9.17) is 0 Å². The van der Waals surface area contributed by atoms with E-state index >= 15 is 0 Å². The van der Waals surface area contributed by atoms with E-state index in [9.17, 15) is 0 Å². The fourth-order valence-corrected chi connectivity index (χ4v) is 1.69. The number of nitrogens with zero attached hydrogens (tertiary/aromatic N) is 4. The van der Waals surface area contributed by atoms with E-state index in [1.54, 1.807) is 23.3 Å². The van der Waals surface area contributed by atoms with Gasteiger partial charge in [0, 0.05) is 12.4 Å². The van der Waals surface area contributed by atoms with Gasteiger partial charge in [-0.1, -0.05) is 25.6 Å². The van der Waals surface area contributed by atoms with Gasteiger partial charge in [-0.3, -0.25) is 4.98 Å². The SMILES string of the molecule is C[Si](C)(C)C#Cc1cncc(-n2cccn2)n1. The lowest BCUT2D eigenvalue weighted by Crippen LogP contribution is -2.16. The molecule has 0 unspecified atom stereocenters. The van der Waals surface area contributed by atoms with Crippen LogP contribution in [0.2, 0.25) is 19.6 Å². The van der Waals surface area contributed by atoms with E-state index in [0.717, 1.165) is 0 Å². The van der Waals surface area contributed by atoms with Crippen LogP contribution in [0.3, 0.4) is 0 Å². The molecule has 2 heterocycles. The second-order valence-electron chi connectivity index (χ2n) is 4.71. The summed E-state index contributed by atoms with van der Waals surface area (Å²) in [6, 6.07) is 1.85. The van der Waals surface area contributed by atoms with Gasteiger partial charge in [0.15, 0.2) is 5.82 Å². The molecule has 0 saturated heterocycles. The van der Waals surface area contributed by atoms with Gasteiger partial charge in [0.05, 0.1) is 12.4 Å². The molecule has 4 nitrogen and oxygen atoms in total. The first-order chi connectivity index (χ1) is 8.04. The molecule has 2 rings (SSSR count). The van der Waals surface area contributed by atoms with Gasteiger partial charge in [0.2, 0.25) is 0 Å². The van der Waals surface area contributed by atoms with Crippen molar-refractivity contribution in [2.24, 2.45) is 0 Å². The molecule has 0 aliphatic carbocycles. The molecule has 2 aromatic heterocycles. The van der Waals surface area contributed by atoms with E-state index < -0.39 is 8.07 Å². The van der Waals surface area contributed by atoms with Crippen molar-refractivity contribution >= 4 is 8.07 Å². The van der Waals surface area contributed by atoms with E-state index in [2.05, 4.69) is 46.2 Å². The molecule has 0 N–H and O–H groups in total. The summed E-state index contributed by atoms with van der Waals surface area (Å²) in [5.41, 5.74) is 3.96. The van der Waals surface area contributed by atoms with Crippen molar-refractivity contribution in [3.8, 4) is 17.3 Å². The molecule has 0 fully saturated rings. The van der Waals surface area contributed by atoms with Crippen LogP contribution in [0.5, 0.6) is 0 Å². The van der Waals surface area contributed by atoms with Gasteiger partial charge in [-0.15, -0.1) is 5.54 Å². The Labute approximate surface area is 102 Å². The van der Waals surface area contributed by atoms with Crippen LogP contribution in [-0.2, 0) is 0 Å². The smallest absolute Gasteiger partial charge is 0.173 e. The minimum atomic E-state index is -1.37. The molecule has 5 heteroatoms. The second-order valence-corrected chi connectivity index (χ2v) is 9.46. The highest BCUT2D eigenvalue weighted by molar-refractivity contribution is 6.83. The Morgan fingerprint density at radius 2 is 2.06 bits per heavy atom. The first kappa shape index (κ1) is 11.5. The van der Waals surface area contributed by atoms with Gasteiger partial charge in [-0.05, 0) is 6.07 Å². The highest BCUT2D eigenvalue weighted by Gasteiger charge is 2.07. The monoisotopic (exact) mass is 242 g/mol. The quantitative estimate of drug-likeness (QED) is 0.566. The Kier molecular flexibility index (Phi) is 3.07. The van der Waals surface area contributed by atoms with Gasteiger partial charge < -0.3 is 0 Å². The van der Waals surface area contributed by atoms with E-state index in [1.165, 1.54) is 0 Å². The van der Waals surface area contributed by atoms with Crippen LogP contribution in [0.1, 0.15) is 5.69 Å². The average Bonchev–Trinajstić information content (AvgIpc) is 2.79. The van der Waals surface area contributed by atoms with E-state index in [-0.39, 0.29) is 0 Å². The summed E-state index contributed by atoms with van der Waals surface area (Å²) in [5.74, 6) is 3.78. The summed E-state index contributed by atoms with van der Waals surface area (Å²) in [6.07, 6.45) is 6.90. The Balaban J connectivity index is 2.32. The minimum absolute atomic E-state index is 0.692. The third kappa shape index (κ3) is 3.26. The van der Waals surface area contributed by atoms with Crippen molar-refractivity contribution in [3.05, 3.63) is 36.5 Å². The summed E-state index contributed by atoms with van der Waals surface area (Å²) >= 11 is 0. The summed E-state index contributed by atoms with van der Waals surface area (Å²) in [6.45, 7) is 6.60. The van der Waals surface area contributed by atoms with Gasteiger partial charge >= 0.3 is 0 Å². The molecule has 0 aliphatic heterocycles. The average molecular weight is 242 g/mol. The molecular weight excluding hydrogens is 228 g/mol. The number of hydrogen-bond acceptors (Lipinski definition) is 3. The Morgan fingerprint density at radius 1 is 1.24 bits per heavy atom. The van der Waals surface area contributed by atoms with Crippen LogP contribution in [0.4, 0.5) is 0 Å². The lowest BCUT2D eigenvalue weighted by atomic mass is 10.5. The van der Waals surface area contributed by atoms with Gasteiger partial charge in [0.1, 0.15) is 13.8 Å². The predicted molar refractivity (Wildman–Crippen MR) is 69.4 cm³/mol. The molecule has 0 amide bonds. The zero-order valence-electron chi connectivity index (χ0n) is 10.2. The molecule has 0 aromatic carbocycles. The summed E-state index contributed by atoms with van der Waals surface area (Å²) in [5, 5.41) is 4.11. The predicted octanol–water partition coefficient (Wildman–Crippen LogP) is 1.89. The van der Waals surface area contributed by atoms with E-state index in [0.29, 0.717) is 11.5 Å². The van der Waals surface area contributed by atoms with Crippen molar-refractivity contribution in [1.82, 2.24) is 19.7 Å². The Morgan fingerprint density at radius 3 is 2.71 bits per heavy atom. The maximum Gasteiger partial charge on any atom is 0.173 e. The first-order valence-electron chi connectivity index (χ1n) is 5.40. The third-order valence-electron chi connectivity index (χ3n) is 1.93. The minimum Gasteiger partial charge on any atom is -0.258 e. The highest BCUT2D eigenvalue weighted by atomic mass is 28.3. The van der Waals surface area contributed by atoms with Crippen molar-refractivity contribution in [3.63, 3.8) is 0 Å². The van der Waals surface area contributed by atoms with Crippen molar-refractivity contribution < 1.29 is 0 Å².